The number of hydrogen-bond donors (Lipinski definition) is 2. The highest BCUT2D eigenvalue weighted by Crippen LogP contribution is 2.20. The summed E-state index contributed by atoms with van der Waals surface area (Å²) in [6.45, 7) is 3.51. The van der Waals surface area contributed by atoms with Gasteiger partial charge in [0.25, 0.3) is 0 Å². The van der Waals surface area contributed by atoms with E-state index >= 15 is 0 Å². The van der Waals surface area contributed by atoms with Crippen LogP contribution >= 0.6 is 0 Å². The standard InChI is InChI=1S/C10H13FN2O2/c1-3-15-10(14)13-7-4-8(11)6(2)9(12)5-7/h4-5H,3,12H2,1-2H3,(H,13,14). The second kappa shape index (κ2) is 4.63. The van der Waals surface area contributed by atoms with E-state index in [0.29, 0.717) is 11.3 Å². The van der Waals surface area contributed by atoms with Crippen LogP contribution in [0.4, 0.5) is 20.6 Å². The number of nitrogens with one attached hydrogen (secondary N) is 1. The van der Waals surface area contributed by atoms with Crippen molar-refractivity contribution in [2.45, 2.75) is 13.8 Å². The van der Waals surface area contributed by atoms with Crippen molar-refractivity contribution in [1.29, 1.82) is 0 Å². The Morgan fingerprint density at radius 1 is 1.60 bits per heavy atom. The number of carbonyl (C=O) groups excluding carboxylic acids is 1. The zero-order valence-electron chi connectivity index (χ0n) is 8.63. The predicted molar refractivity (Wildman–Crippen MR) is 56.2 cm³/mol. The fourth-order valence-electron chi connectivity index (χ4n) is 1.06. The van der Waals surface area contributed by atoms with Gasteiger partial charge in [-0.2, -0.15) is 0 Å². The van der Waals surface area contributed by atoms with E-state index in [1.54, 1.807) is 13.8 Å². The average molecular weight is 212 g/mol. The highest BCUT2D eigenvalue weighted by Gasteiger charge is 2.07. The Labute approximate surface area is 87.2 Å². The zero-order chi connectivity index (χ0) is 11.4. The van der Waals surface area contributed by atoms with E-state index in [4.69, 9.17) is 5.73 Å². The van der Waals surface area contributed by atoms with Gasteiger partial charge in [0.15, 0.2) is 0 Å². The number of nitrogens with two attached hydrogens (primary N) is 1. The Bertz CT molecular complexity index is 357. The Morgan fingerprint density at radius 3 is 2.80 bits per heavy atom. The van der Waals surface area contributed by atoms with Crippen molar-refractivity contribution < 1.29 is 13.9 Å². The van der Waals surface area contributed by atoms with E-state index in [0.717, 1.165) is 0 Å². The molecule has 0 saturated heterocycles. The van der Waals surface area contributed by atoms with Gasteiger partial charge in [-0.25, -0.2) is 9.18 Å². The number of carbonyl (C=O) groups is 1. The van der Waals surface area contributed by atoms with Crippen molar-refractivity contribution >= 4 is 17.5 Å². The lowest BCUT2D eigenvalue weighted by molar-refractivity contribution is 0.168. The lowest BCUT2D eigenvalue weighted by Gasteiger charge is -2.08. The lowest BCUT2D eigenvalue weighted by Crippen LogP contribution is -2.13. The third kappa shape index (κ3) is 2.83. The summed E-state index contributed by atoms with van der Waals surface area (Å²) in [6, 6.07) is 2.68. The van der Waals surface area contributed by atoms with Crippen molar-refractivity contribution in [2.75, 3.05) is 17.7 Å². The summed E-state index contributed by atoms with van der Waals surface area (Å²) in [5, 5.41) is 2.37. The molecule has 0 aliphatic carbocycles. The van der Waals surface area contributed by atoms with Gasteiger partial charge in [-0.1, -0.05) is 0 Å². The summed E-state index contributed by atoms with van der Waals surface area (Å²) >= 11 is 0. The van der Waals surface area contributed by atoms with Crippen molar-refractivity contribution in [3.63, 3.8) is 0 Å². The lowest BCUT2D eigenvalue weighted by atomic mass is 10.2. The molecule has 0 heterocycles. The molecule has 1 aromatic carbocycles. The van der Waals surface area contributed by atoms with Crippen LogP contribution in [0.2, 0.25) is 0 Å². The van der Waals surface area contributed by atoms with Crippen LogP contribution in [0.3, 0.4) is 0 Å². The Hall–Kier alpha value is -1.78. The fraction of sp³-hybridized carbons (Fsp3) is 0.300. The molecule has 4 nitrogen and oxygen atoms in total. The number of hydrogen-bond acceptors (Lipinski definition) is 3. The molecule has 0 aliphatic heterocycles. The van der Waals surface area contributed by atoms with Crippen LogP contribution < -0.4 is 11.1 Å². The minimum atomic E-state index is -0.625. The normalized spacial score (nSPS) is 9.80. The smallest absolute Gasteiger partial charge is 0.411 e. The molecule has 0 saturated carbocycles. The molecule has 1 rings (SSSR count). The number of rotatable bonds is 2. The van der Waals surface area contributed by atoms with E-state index in [-0.39, 0.29) is 12.3 Å². The first kappa shape index (κ1) is 11.3. The van der Waals surface area contributed by atoms with Crippen LogP contribution in [0, 0.1) is 12.7 Å². The maximum atomic E-state index is 13.2. The van der Waals surface area contributed by atoms with Crippen molar-refractivity contribution in [2.24, 2.45) is 0 Å². The minimum absolute atomic E-state index is 0.260. The van der Waals surface area contributed by atoms with E-state index < -0.39 is 11.9 Å². The molecule has 82 valence electrons. The maximum absolute atomic E-state index is 13.2. The van der Waals surface area contributed by atoms with Crippen LogP contribution in [0.5, 0.6) is 0 Å². The molecule has 0 radical (unpaired) electrons. The van der Waals surface area contributed by atoms with Crippen LogP contribution in [-0.2, 0) is 4.74 Å². The molecule has 0 unspecified atom stereocenters. The Kier molecular flexibility index (Phi) is 3.49. The van der Waals surface area contributed by atoms with Gasteiger partial charge in [0.1, 0.15) is 5.82 Å². The van der Waals surface area contributed by atoms with Gasteiger partial charge in [-0.15, -0.1) is 0 Å². The first-order valence-electron chi connectivity index (χ1n) is 4.54. The van der Waals surface area contributed by atoms with Gasteiger partial charge in [0.2, 0.25) is 0 Å². The molecule has 0 spiro atoms. The summed E-state index contributed by atoms with van der Waals surface area (Å²) in [6.07, 6.45) is -0.625. The SMILES string of the molecule is CCOC(=O)Nc1cc(N)c(C)c(F)c1. The summed E-state index contributed by atoms with van der Waals surface area (Å²) in [5.74, 6) is -0.457. The third-order valence-corrected chi connectivity index (χ3v) is 1.91. The summed E-state index contributed by atoms with van der Waals surface area (Å²) in [5.41, 5.74) is 6.48. The molecule has 0 aliphatic rings. The predicted octanol–water partition coefficient (Wildman–Crippen LogP) is 2.28. The molecule has 0 aromatic heterocycles. The van der Waals surface area contributed by atoms with E-state index in [1.165, 1.54) is 12.1 Å². The molecular weight excluding hydrogens is 199 g/mol. The van der Waals surface area contributed by atoms with E-state index in [2.05, 4.69) is 10.1 Å². The second-order valence-corrected chi connectivity index (χ2v) is 3.02. The van der Waals surface area contributed by atoms with E-state index in [1.807, 2.05) is 0 Å². The molecule has 0 bridgehead atoms. The minimum Gasteiger partial charge on any atom is -0.450 e. The van der Waals surface area contributed by atoms with Crippen LogP contribution in [0.25, 0.3) is 0 Å². The summed E-state index contributed by atoms with van der Waals surface area (Å²) in [4.78, 5) is 11.0. The fourth-order valence-corrected chi connectivity index (χ4v) is 1.06. The van der Waals surface area contributed by atoms with Gasteiger partial charge < -0.3 is 10.5 Å². The van der Waals surface area contributed by atoms with Gasteiger partial charge >= 0.3 is 6.09 Å². The van der Waals surface area contributed by atoms with E-state index in [9.17, 15) is 9.18 Å². The number of amides is 1. The first-order valence-corrected chi connectivity index (χ1v) is 4.54. The van der Waals surface area contributed by atoms with Crippen LogP contribution in [-0.4, -0.2) is 12.7 Å². The third-order valence-electron chi connectivity index (χ3n) is 1.91. The van der Waals surface area contributed by atoms with Crippen molar-refractivity contribution in [3.05, 3.63) is 23.5 Å². The second-order valence-electron chi connectivity index (χ2n) is 3.02. The summed E-state index contributed by atoms with van der Waals surface area (Å²) < 4.78 is 17.8. The van der Waals surface area contributed by atoms with Crippen molar-refractivity contribution in [3.8, 4) is 0 Å². The molecular formula is C10H13FN2O2. The Balaban J connectivity index is 2.83. The van der Waals surface area contributed by atoms with Gasteiger partial charge in [0.05, 0.1) is 6.61 Å². The topological polar surface area (TPSA) is 64.3 Å². The summed E-state index contributed by atoms with van der Waals surface area (Å²) in [7, 11) is 0. The van der Waals surface area contributed by atoms with Crippen LogP contribution in [0.15, 0.2) is 12.1 Å². The number of benzene rings is 1. The largest absolute Gasteiger partial charge is 0.450 e. The van der Waals surface area contributed by atoms with Gasteiger partial charge in [-0.05, 0) is 26.0 Å². The average Bonchev–Trinajstić information content (AvgIpc) is 2.14. The van der Waals surface area contributed by atoms with Crippen molar-refractivity contribution in [1.82, 2.24) is 0 Å². The molecule has 3 N–H and O–H groups in total. The van der Waals surface area contributed by atoms with Gasteiger partial charge in [0, 0.05) is 16.9 Å². The Morgan fingerprint density at radius 2 is 2.27 bits per heavy atom. The maximum Gasteiger partial charge on any atom is 0.411 e. The first-order chi connectivity index (χ1) is 7.04. The zero-order valence-corrected chi connectivity index (χ0v) is 8.63. The highest BCUT2D eigenvalue weighted by molar-refractivity contribution is 5.85. The molecule has 5 heteroatoms. The molecule has 0 atom stereocenters. The number of halogens is 1. The van der Waals surface area contributed by atoms with Crippen LogP contribution in [0.1, 0.15) is 12.5 Å². The quantitative estimate of drug-likeness (QED) is 0.739. The molecule has 0 fully saturated rings. The molecule has 1 aromatic rings. The number of ether oxygens (including phenoxy) is 1. The molecule has 15 heavy (non-hydrogen) atoms. The number of nitrogen functional groups attached to an aromatic ring is 1. The highest BCUT2D eigenvalue weighted by atomic mass is 19.1. The van der Waals surface area contributed by atoms with Gasteiger partial charge in [-0.3, -0.25) is 5.32 Å². The molecule has 1 amide bonds. The monoisotopic (exact) mass is 212 g/mol. The number of anilines is 2.